The maximum absolute atomic E-state index is 11.8. The van der Waals surface area contributed by atoms with E-state index in [2.05, 4.69) is 15.6 Å². The molecular weight excluding hydrogens is 232 g/mol. The van der Waals surface area contributed by atoms with E-state index in [1.165, 1.54) is 6.20 Å². The topological polar surface area (TPSA) is 97.1 Å². The van der Waals surface area contributed by atoms with Crippen LogP contribution in [0.1, 0.15) is 31.3 Å². The van der Waals surface area contributed by atoms with Gasteiger partial charge in [-0.25, -0.2) is 4.98 Å². The van der Waals surface area contributed by atoms with Gasteiger partial charge in [0.05, 0.1) is 5.69 Å². The first-order valence-electron chi connectivity index (χ1n) is 5.73. The molecule has 0 aliphatic heterocycles. The zero-order valence-electron chi connectivity index (χ0n) is 10.7. The maximum Gasteiger partial charge on any atom is 0.272 e. The van der Waals surface area contributed by atoms with Crippen molar-refractivity contribution in [2.24, 2.45) is 0 Å². The molecule has 0 saturated carbocycles. The van der Waals surface area contributed by atoms with Gasteiger partial charge in [0.2, 0.25) is 5.91 Å². The predicted octanol–water partition coefficient (Wildman–Crippen LogP) is 0.307. The third kappa shape index (κ3) is 3.73. The third-order valence-electron chi connectivity index (χ3n) is 2.23. The largest absolute Gasteiger partial charge is 0.397 e. The van der Waals surface area contributed by atoms with Gasteiger partial charge in [-0.15, -0.1) is 0 Å². The van der Waals surface area contributed by atoms with Crippen molar-refractivity contribution in [3.63, 3.8) is 0 Å². The van der Waals surface area contributed by atoms with E-state index in [0.717, 1.165) is 0 Å². The van der Waals surface area contributed by atoms with E-state index < -0.39 is 11.9 Å². The Labute approximate surface area is 106 Å². The quantitative estimate of drug-likeness (QED) is 0.716. The molecule has 2 amide bonds. The van der Waals surface area contributed by atoms with Crippen molar-refractivity contribution in [1.29, 1.82) is 0 Å². The number of carbonyl (C=O) groups excluding carboxylic acids is 2. The molecule has 1 unspecified atom stereocenters. The van der Waals surface area contributed by atoms with Gasteiger partial charge < -0.3 is 16.4 Å². The molecule has 6 nitrogen and oxygen atoms in total. The van der Waals surface area contributed by atoms with Crippen LogP contribution in [0.5, 0.6) is 0 Å². The molecule has 0 saturated heterocycles. The lowest BCUT2D eigenvalue weighted by Crippen LogP contribution is -2.47. The molecule has 0 bridgehead atoms. The number of nitrogen functional groups attached to an aromatic ring is 1. The van der Waals surface area contributed by atoms with E-state index in [1.807, 2.05) is 13.8 Å². The normalized spacial score (nSPS) is 12.0. The number of aromatic nitrogens is 1. The second-order valence-corrected chi connectivity index (χ2v) is 4.30. The summed E-state index contributed by atoms with van der Waals surface area (Å²) < 4.78 is 0. The Kier molecular flexibility index (Phi) is 4.65. The highest BCUT2D eigenvalue weighted by Crippen LogP contribution is 2.06. The standard InChI is InChI=1S/C12H18N4O2/c1-7(2)15-11(17)8(3)16-12(18)10-9(13)5-4-6-14-10/h4-8H,13H2,1-3H3,(H,15,17)(H,16,18). The molecule has 0 spiro atoms. The van der Waals surface area contributed by atoms with Gasteiger partial charge in [-0.3, -0.25) is 9.59 Å². The van der Waals surface area contributed by atoms with Gasteiger partial charge in [0.1, 0.15) is 6.04 Å². The second-order valence-electron chi connectivity index (χ2n) is 4.30. The molecular formula is C12H18N4O2. The summed E-state index contributed by atoms with van der Waals surface area (Å²) >= 11 is 0. The molecule has 0 radical (unpaired) electrons. The number of hydrogen-bond acceptors (Lipinski definition) is 4. The van der Waals surface area contributed by atoms with Crippen LogP contribution < -0.4 is 16.4 Å². The maximum atomic E-state index is 11.8. The van der Waals surface area contributed by atoms with Crippen LogP contribution >= 0.6 is 0 Å². The summed E-state index contributed by atoms with van der Waals surface area (Å²) in [6, 6.07) is 2.61. The molecule has 1 atom stereocenters. The van der Waals surface area contributed by atoms with Crippen LogP contribution in [0.2, 0.25) is 0 Å². The minimum Gasteiger partial charge on any atom is -0.397 e. The first-order chi connectivity index (χ1) is 8.41. The van der Waals surface area contributed by atoms with Gasteiger partial charge in [-0.05, 0) is 32.9 Å². The lowest BCUT2D eigenvalue weighted by molar-refractivity contribution is -0.123. The average molecular weight is 250 g/mol. The molecule has 0 aliphatic carbocycles. The monoisotopic (exact) mass is 250 g/mol. The van der Waals surface area contributed by atoms with Crippen LogP contribution in [0.3, 0.4) is 0 Å². The van der Waals surface area contributed by atoms with Crippen LogP contribution in [-0.4, -0.2) is 28.9 Å². The Bertz CT molecular complexity index is 445. The summed E-state index contributed by atoms with van der Waals surface area (Å²) in [5.74, 6) is -0.702. The van der Waals surface area contributed by atoms with E-state index >= 15 is 0 Å². The molecule has 0 aromatic carbocycles. The van der Waals surface area contributed by atoms with E-state index in [0.29, 0.717) is 0 Å². The Morgan fingerprint density at radius 2 is 1.94 bits per heavy atom. The Hall–Kier alpha value is -2.11. The van der Waals surface area contributed by atoms with Crippen LogP contribution in [0.15, 0.2) is 18.3 Å². The SMILES string of the molecule is CC(C)NC(=O)C(C)NC(=O)c1ncccc1N. The second kappa shape index (κ2) is 6.00. The zero-order valence-corrected chi connectivity index (χ0v) is 10.7. The molecule has 18 heavy (non-hydrogen) atoms. The van der Waals surface area contributed by atoms with Crippen molar-refractivity contribution in [1.82, 2.24) is 15.6 Å². The van der Waals surface area contributed by atoms with Crippen molar-refractivity contribution >= 4 is 17.5 Å². The van der Waals surface area contributed by atoms with Gasteiger partial charge in [0, 0.05) is 12.2 Å². The molecule has 1 aromatic rings. The lowest BCUT2D eigenvalue weighted by atomic mass is 10.2. The van der Waals surface area contributed by atoms with Crippen LogP contribution in [-0.2, 0) is 4.79 Å². The highest BCUT2D eigenvalue weighted by molar-refractivity contribution is 5.99. The molecule has 1 rings (SSSR count). The van der Waals surface area contributed by atoms with Crippen molar-refractivity contribution in [3.05, 3.63) is 24.0 Å². The van der Waals surface area contributed by atoms with Crippen molar-refractivity contribution < 1.29 is 9.59 Å². The van der Waals surface area contributed by atoms with E-state index in [1.54, 1.807) is 19.1 Å². The Balaban J connectivity index is 2.65. The van der Waals surface area contributed by atoms with E-state index in [9.17, 15) is 9.59 Å². The van der Waals surface area contributed by atoms with Gasteiger partial charge in [-0.2, -0.15) is 0 Å². The van der Waals surface area contributed by atoms with Gasteiger partial charge >= 0.3 is 0 Å². The Morgan fingerprint density at radius 3 is 2.50 bits per heavy atom. The molecule has 1 aromatic heterocycles. The number of nitrogens with one attached hydrogen (secondary N) is 2. The van der Waals surface area contributed by atoms with Gasteiger partial charge in [0.25, 0.3) is 5.91 Å². The summed E-state index contributed by atoms with van der Waals surface area (Å²) in [6.07, 6.45) is 1.48. The first-order valence-corrected chi connectivity index (χ1v) is 5.73. The minimum absolute atomic E-state index is 0.0248. The smallest absolute Gasteiger partial charge is 0.272 e. The Morgan fingerprint density at radius 1 is 1.28 bits per heavy atom. The third-order valence-corrected chi connectivity index (χ3v) is 2.23. The first kappa shape index (κ1) is 14.0. The number of nitrogens with zero attached hydrogens (tertiary/aromatic N) is 1. The number of anilines is 1. The van der Waals surface area contributed by atoms with Crippen LogP contribution in [0.25, 0.3) is 0 Å². The van der Waals surface area contributed by atoms with Crippen molar-refractivity contribution in [2.75, 3.05) is 5.73 Å². The number of carbonyl (C=O) groups is 2. The minimum atomic E-state index is -0.638. The highest BCUT2D eigenvalue weighted by atomic mass is 16.2. The van der Waals surface area contributed by atoms with Crippen LogP contribution in [0.4, 0.5) is 5.69 Å². The van der Waals surface area contributed by atoms with E-state index in [-0.39, 0.29) is 23.3 Å². The zero-order chi connectivity index (χ0) is 13.7. The number of amides is 2. The molecule has 0 aliphatic rings. The summed E-state index contributed by atoms with van der Waals surface area (Å²) in [6.45, 7) is 5.31. The van der Waals surface area contributed by atoms with Crippen molar-refractivity contribution in [2.45, 2.75) is 32.9 Å². The van der Waals surface area contributed by atoms with Crippen LogP contribution in [0, 0.1) is 0 Å². The van der Waals surface area contributed by atoms with Gasteiger partial charge in [0.15, 0.2) is 5.69 Å². The molecule has 1 heterocycles. The fraction of sp³-hybridized carbons (Fsp3) is 0.417. The summed E-state index contributed by atoms with van der Waals surface area (Å²) in [5.41, 5.74) is 6.04. The molecule has 98 valence electrons. The van der Waals surface area contributed by atoms with Crippen molar-refractivity contribution in [3.8, 4) is 0 Å². The number of nitrogens with two attached hydrogens (primary N) is 1. The summed E-state index contributed by atoms with van der Waals surface area (Å²) in [5, 5.41) is 5.26. The molecule has 6 heteroatoms. The molecule has 4 N–H and O–H groups in total. The fourth-order valence-corrected chi connectivity index (χ4v) is 1.35. The fourth-order valence-electron chi connectivity index (χ4n) is 1.35. The molecule has 0 fully saturated rings. The number of rotatable bonds is 4. The van der Waals surface area contributed by atoms with E-state index in [4.69, 9.17) is 5.73 Å². The number of hydrogen-bond donors (Lipinski definition) is 3. The highest BCUT2D eigenvalue weighted by Gasteiger charge is 2.18. The average Bonchev–Trinajstić information content (AvgIpc) is 2.28. The summed E-state index contributed by atoms with van der Waals surface area (Å²) in [7, 11) is 0. The number of pyridine rings is 1. The van der Waals surface area contributed by atoms with Gasteiger partial charge in [-0.1, -0.05) is 0 Å². The predicted molar refractivity (Wildman–Crippen MR) is 68.9 cm³/mol. The summed E-state index contributed by atoms with van der Waals surface area (Å²) in [4.78, 5) is 27.3. The lowest BCUT2D eigenvalue weighted by Gasteiger charge is -2.16.